The number of carbonyl (C=O) groups is 1. The number of carbonyl (C=O) groups excluding carboxylic acids is 1. The summed E-state index contributed by atoms with van der Waals surface area (Å²) in [7, 11) is 0. The number of aromatic nitrogens is 5. The van der Waals surface area contributed by atoms with E-state index in [1.54, 1.807) is 12.5 Å². The largest absolute Gasteiger partial charge is 0.379 e. The number of ether oxygens (including phenoxy) is 1. The quantitative estimate of drug-likeness (QED) is 0.435. The first-order chi connectivity index (χ1) is 16.3. The highest BCUT2D eigenvalue weighted by Crippen LogP contribution is 2.39. The fourth-order valence-corrected chi connectivity index (χ4v) is 4.67. The molecule has 0 bridgehead atoms. The van der Waals surface area contributed by atoms with Crippen LogP contribution >= 0.6 is 11.3 Å². The highest BCUT2D eigenvalue weighted by molar-refractivity contribution is 7.18. The molecule has 2 N–H and O–H groups in total. The van der Waals surface area contributed by atoms with Gasteiger partial charge in [0.25, 0.3) is 0 Å². The summed E-state index contributed by atoms with van der Waals surface area (Å²) < 4.78 is 5.35. The number of aromatic amines is 1. The van der Waals surface area contributed by atoms with Crippen molar-refractivity contribution in [3.63, 3.8) is 0 Å². The Kier molecular flexibility index (Phi) is 6.47. The van der Waals surface area contributed by atoms with Crippen LogP contribution in [0.4, 0.5) is 5.82 Å². The number of H-pyrrole nitrogens is 1. The number of nitrogens with one attached hydrogen (secondary N) is 2. The first kappa shape index (κ1) is 21.4. The normalized spacial score (nSPS) is 14.3. The van der Waals surface area contributed by atoms with Crippen LogP contribution in [-0.4, -0.2) is 68.8 Å². The number of amides is 1. The zero-order valence-electron chi connectivity index (χ0n) is 17.9. The molecule has 10 heteroatoms. The maximum atomic E-state index is 12.5. The third-order valence-corrected chi connectivity index (χ3v) is 6.45. The maximum Gasteiger partial charge on any atom is 0.226 e. The van der Waals surface area contributed by atoms with Crippen LogP contribution in [-0.2, 0) is 9.53 Å². The van der Waals surface area contributed by atoms with E-state index in [1.165, 1.54) is 11.3 Å². The number of benzene rings is 1. The Morgan fingerprint density at radius 2 is 2.00 bits per heavy atom. The molecule has 3 aromatic heterocycles. The summed E-state index contributed by atoms with van der Waals surface area (Å²) in [6.07, 6.45) is 3.65. The zero-order chi connectivity index (χ0) is 22.5. The van der Waals surface area contributed by atoms with Gasteiger partial charge in [-0.05, 0) is 12.1 Å². The van der Waals surface area contributed by atoms with E-state index < -0.39 is 0 Å². The first-order valence-electron chi connectivity index (χ1n) is 10.8. The predicted molar refractivity (Wildman–Crippen MR) is 127 cm³/mol. The number of pyridine rings is 1. The summed E-state index contributed by atoms with van der Waals surface area (Å²) in [5, 5.41) is 11.8. The molecule has 4 aromatic rings. The molecule has 168 valence electrons. The highest BCUT2D eigenvalue weighted by Gasteiger charge is 2.19. The van der Waals surface area contributed by atoms with Crippen molar-refractivity contribution in [1.29, 1.82) is 0 Å². The van der Waals surface area contributed by atoms with Gasteiger partial charge >= 0.3 is 0 Å². The van der Waals surface area contributed by atoms with Gasteiger partial charge in [-0.3, -0.25) is 9.69 Å². The van der Waals surface area contributed by atoms with E-state index in [-0.39, 0.29) is 5.91 Å². The summed E-state index contributed by atoms with van der Waals surface area (Å²) in [5.41, 5.74) is 2.71. The Hall–Kier alpha value is -3.47. The Balaban J connectivity index is 1.35. The lowest BCUT2D eigenvalue weighted by atomic mass is 10.1. The van der Waals surface area contributed by atoms with Crippen molar-refractivity contribution in [3.05, 3.63) is 55.0 Å². The van der Waals surface area contributed by atoms with Gasteiger partial charge in [0.05, 0.1) is 18.9 Å². The summed E-state index contributed by atoms with van der Waals surface area (Å²) in [6, 6.07) is 13.7. The van der Waals surface area contributed by atoms with Crippen molar-refractivity contribution >= 4 is 23.1 Å². The van der Waals surface area contributed by atoms with Gasteiger partial charge < -0.3 is 15.0 Å². The molecule has 1 aliphatic rings. The summed E-state index contributed by atoms with van der Waals surface area (Å²) in [6.45, 7) is 3.88. The lowest BCUT2D eigenvalue weighted by Gasteiger charge is -2.26. The number of morpholine rings is 1. The number of rotatable bonds is 7. The molecule has 1 amide bonds. The monoisotopic (exact) mass is 461 g/mol. The smallest absolute Gasteiger partial charge is 0.226 e. The molecule has 9 nitrogen and oxygen atoms in total. The van der Waals surface area contributed by atoms with Crippen molar-refractivity contribution in [3.8, 4) is 32.5 Å². The lowest BCUT2D eigenvalue weighted by Crippen LogP contribution is -2.38. The van der Waals surface area contributed by atoms with Crippen LogP contribution in [0, 0.1) is 0 Å². The van der Waals surface area contributed by atoms with E-state index in [4.69, 9.17) is 9.72 Å². The van der Waals surface area contributed by atoms with Gasteiger partial charge in [-0.15, -0.1) is 21.5 Å². The molecule has 0 aliphatic carbocycles. The average Bonchev–Trinajstić information content (AvgIpc) is 3.54. The number of hydrogen-bond acceptors (Lipinski definition) is 8. The molecule has 0 unspecified atom stereocenters. The molecule has 4 heterocycles. The second kappa shape index (κ2) is 9.99. The molecular weight excluding hydrogens is 438 g/mol. The average molecular weight is 462 g/mol. The second-order valence-electron chi connectivity index (χ2n) is 7.58. The van der Waals surface area contributed by atoms with Crippen LogP contribution in [0.15, 0.2) is 55.0 Å². The fraction of sp³-hybridized carbons (Fsp3) is 0.261. The van der Waals surface area contributed by atoms with Crippen LogP contribution in [0.25, 0.3) is 32.5 Å². The molecule has 1 aromatic carbocycles. The van der Waals surface area contributed by atoms with Crippen LogP contribution in [0.3, 0.4) is 0 Å². The van der Waals surface area contributed by atoms with Crippen molar-refractivity contribution in [2.24, 2.45) is 0 Å². The zero-order valence-corrected chi connectivity index (χ0v) is 18.7. The fourth-order valence-electron chi connectivity index (χ4n) is 3.63. The van der Waals surface area contributed by atoms with E-state index in [0.717, 1.165) is 53.0 Å². The van der Waals surface area contributed by atoms with Crippen molar-refractivity contribution < 1.29 is 9.53 Å². The SMILES string of the molecule is O=C(CCN1CCOCC1)Nc1cc(-c2nc(-c3ccccc3)c(-c3nnc[nH]3)s2)ccn1. The Labute approximate surface area is 194 Å². The topological polar surface area (TPSA) is 109 Å². The summed E-state index contributed by atoms with van der Waals surface area (Å²) in [4.78, 5) is 27.9. The van der Waals surface area contributed by atoms with Crippen LogP contribution in [0.1, 0.15) is 6.42 Å². The third kappa shape index (κ3) is 5.14. The van der Waals surface area contributed by atoms with Crippen LogP contribution < -0.4 is 5.32 Å². The summed E-state index contributed by atoms with van der Waals surface area (Å²) >= 11 is 1.52. The Bertz CT molecular complexity index is 1200. The Morgan fingerprint density at radius 1 is 1.15 bits per heavy atom. The van der Waals surface area contributed by atoms with Gasteiger partial charge in [-0.25, -0.2) is 9.97 Å². The molecule has 33 heavy (non-hydrogen) atoms. The highest BCUT2D eigenvalue weighted by atomic mass is 32.1. The minimum Gasteiger partial charge on any atom is -0.379 e. The predicted octanol–water partition coefficient (Wildman–Crippen LogP) is 3.32. The molecule has 1 aliphatic heterocycles. The summed E-state index contributed by atoms with van der Waals surface area (Å²) in [5.74, 6) is 1.12. The minimum absolute atomic E-state index is 0.0578. The molecule has 0 saturated carbocycles. The van der Waals surface area contributed by atoms with E-state index in [2.05, 4.69) is 30.4 Å². The van der Waals surface area contributed by atoms with Gasteiger partial charge in [0.15, 0.2) is 5.82 Å². The van der Waals surface area contributed by atoms with Gasteiger partial charge in [0.2, 0.25) is 5.91 Å². The minimum atomic E-state index is -0.0578. The second-order valence-corrected chi connectivity index (χ2v) is 8.58. The van der Waals surface area contributed by atoms with Crippen molar-refractivity contribution in [2.75, 3.05) is 38.2 Å². The van der Waals surface area contributed by atoms with Crippen LogP contribution in [0.5, 0.6) is 0 Å². The van der Waals surface area contributed by atoms with E-state index in [1.807, 2.05) is 42.5 Å². The molecule has 0 spiro atoms. The molecule has 5 rings (SSSR count). The van der Waals surface area contributed by atoms with Gasteiger partial charge in [0.1, 0.15) is 22.0 Å². The van der Waals surface area contributed by atoms with E-state index in [9.17, 15) is 4.79 Å². The third-order valence-electron chi connectivity index (χ3n) is 5.34. The maximum absolute atomic E-state index is 12.5. The number of nitrogens with zero attached hydrogens (tertiary/aromatic N) is 5. The Morgan fingerprint density at radius 3 is 2.79 bits per heavy atom. The van der Waals surface area contributed by atoms with Gasteiger partial charge in [-0.1, -0.05) is 30.3 Å². The van der Waals surface area contributed by atoms with Gasteiger partial charge in [0, 0.05) is 43.4 Å². The van der Waals surface area contributed by atoms with Crippen molar-refractivity contribution in [1.82, 2.24) is 30.0 Å². The molecule has 1 saturated heterocycles. The number of hydrogen-bond donors (Lipinski definition) is 2. The molecular formula is C23H23N7O2S. The molecule has 1 fully saturated rings. The van der Waals surface area contributed by atoms with E-state index >= 15 is 0 Å². The number of thiazole rings is 1. The number of anilines is 1. The molecule has 0 radical (unpaired) electrons. The lowest BCUT2D eigenvalue weighted by molar-refractivity contribution is -0.116. The molecule has 0 atom stereocenters. The van der Waals surface area contributed by atoms with Crippen LogP contribution in [0.2, 0.25) is 0 Å². The standard InChI is InChI=1S/C23H23N7O2S/c31-19(7-9-30-10-12-32-13-11-30)27-18-14-17(6-8-24-18)23-28-20(16-4-2-1-3-5-16)21(33-23)22-25-15-26-29-22/h1-6,8,14-15H,7,9-13H2,(H,24,27,31)(H,25,26,29). The van der Waals surface area contributed by atoms with Gasteiger partial charge in [-0.2, -0.15) is 0 Å². The first-order valence-corrected chi connectivity index (χ1v) is 11.6. The van der Waals surface area contributed by atoms with E-state index in [0.29, 0.717) is 24.6 Å². The van der Waals surface area contributed by atoms with Crippen molar-refractivity contribution in [2.45, 2.75) is 6.42 Å².